The molecule has 2 unspecified atom stereocenters. The molecule has 2 nitrogen and oxygen atoms in total. The van der Waals surface area contributed by atoms with Crippen molar-refractivity contribution in [3.63, 3.8) is 0 Å². The SMILES string of the molecule is CCC1CNC(C2CC2)CN1C(C)(C)C1CC1. The fraction of sp³-hybridized carbons (Fsp3) is 1.00. The third kappa shape index (κ3) is 2.26. The van der Waals surface area contributed by atoms with E-state index in [1.54, 1.807) is 0 Å². The minimum Gasteiger partial charge on any atom is -0.311 e. The number of rotatable bonds is 4. The van der Waals surface area contributed by atoms with Gasteiger partial charge in [0.15, 0.2) is 0 Å². The van der Waals surface area contributed by atoms with E-state index in [0.717, 1.165) is 23.9 Å². The molecule has 1 heterocycles. The van der Waals surface area contributed by atoms with E-state index in [-0.39, 0.29) is 0 Å². The molecule has 0 aromatic carbocycles. The van der Waals surface area contributed by atoms with Crippen LogP contribution >= 0.6 is 0 Å². The Kier molecular flexibility index (Phi) is 2.99. The van der Waals surface area contributed by atoms with Gasteiger partial charge in [0, 0.05) is 30.7 Å². The first-order valence-electron chi connectivity index (χ1n) is 7.63. The molecule has 3 aliphatic rings. The van der Waals surface area contributed by atoms with Crippen LogP contribution < -0.4 is 5.32 Å². The maximum Gasteiger partial charge on any atom is 0.0224 e. The number of piperazine rings is 1. The van der Waals surface area contributed by atoms with E-state index in [1.807, 2.05) is 0 Å². The standard InChI is InChI=1S/C15H28N2/c1-4-13-9-16-14(11-5-6-11)10-17(13)15(2,3)12-7-8-12/h11-14,16H,4-10H2,1-3H3. The zero-order chi connectivity index (χ0) is 12.0. The molecular weight excluding hydrogens is 208 g/mol. The first-order chi connectivity index (χ1) is 8.13. The van der Waals surface area contributed by atoms with Crippen molar-refractivity contribution in [3.05, 3.63) is 0 Å². The van der Waals surface area contributed by atoms with Gasteiger partial charge in [-0.2, -0.15) is 0 Å². The highest BCUT2D eigenvalue weighted by Crippen LogP contribution is 2.45. The molecule has 1 N–H and O–H groups in total. The van der Waals surface area contributed by atoms with Crippen molar-refractivity contribution < 1.29 is 0 Å². The Morgan fingerprint density at radius 2 is 1.88 bits per heavy atom. The molecule has 0 aromatic rings. The molecule has 2 heteroatoms. The van der Waals surface area contributed by atoms with Gasteiger partial charge in [-0.3, -0.25) is 4.90 Å². The van der Waals surface area contributed by atoms with Gasteiger partial charge >= 0.3 is 0 Å². The van der Waals surface area contributed by atoms with Crippen molar-refractivity contribution in [2.24, 2.45) is 11.8 Å². The van der Waals surface area contributed by atoms with Crippen LogP contribution in [-0.2, 0) is 0 Å². The molecule has 0 aromatic heterocycles. The number of nitrogens with one attached hydrogen (secondary N) is 1. The normalized spacial score (nSPS) is 36.2. The zero-order valence-electron chi connectivity index (χ0n) is 11.7. The van der Waals surface area contributed by atoms with Crippen molar-refractivity contribution in [1.29, 1.82) is 0 Å². The summed E-state index contributed by atoms with van der Waals surface area (Å²) in [6.45, 7) is 9.84. The lowest BCUT2D eigenvalue weighted by Gasteiger charge is -2.49. The Morgan fingerprint density at radius 3 is 2.41 bits per heavy atom. The molecule has 3 rings (SSSR count). The second-order valence-electron chi connectivity index (χ2n) is 6.99. The predicted octanol–water partition coefficient (Wildman–Crippen LogP) is 2.64. The second kappa shape index (κ2) is 4.24. The maximum absolute atomic E-state index is 3.80. The van der Waals surface area contributed by atoms with E-state index in [4.69, 9.17) is 0 Å². The highest BCUT2D eigenvalue weighted by atomic mass is 15.3. The van der Waals surface area contributed by atoms with Crippen LogP contribution in [0.4, 0.5) is 0 Å². The van der Waals surface area contributed by atoms with E-state index >= 15 is 0 Å². The maximum atomic E-state index is 3.80. The van der Waals surface area contributed by atoms with Gasteiger partial charge in [-0.1, -0.05) is 6.92 Å². The molecule has 1 aliphatic heterocycles. The zero-order valence-corrected chi connectivity index (χ0v) is 11.7. The molecule has 98 valence electrons. The van der Waals surface area contributed by atoms with Gasteiger partial charge in [-0.05, 0) is 57.8 Å². The van der Waals surface area contributed by atoms with Crippen molar-refractivity contribution in [2.75, 3.05) is 13.1 Å². The minimum atomic E-state index is 0.440. The Labute approximate surface area is 106 Å². The fourth-order valence-electron chi connectivity index (χ4n) is 3.73. The van der Waals surface area contributed by atoms with E-state index in [9.17, 15) is 0 Å². The molecule has 2 aliphatic carbocycles. The van der Waals surface area contributed by atoms with Crippen LogP contribution in [0.5, 0.6) is 0 Å². The fourth-order valence-corrected chi connectivity index (χ4v) is 3.73. The smallest absolute Gasteiger partial charge is 0.0224 e. The third-order valence-corrected chi connectivity index (χ3v) is 5.43. The lowest BCUT2D eigenvalue weighted by Crippen LogP contribution is -2.63. The Hall–Kier alpha value is -0.0800. The lowest BCUT2D eigenvalue weighted by atomic mass is 9.90. The van der Waals surface area contributed by atoms with Crippen LogP contribution in [0.1, 0.15) is 52.9 Å². The van der Waals surface area contributed by atoms with Gasteiger partial charge in [-0.25, -0.2) is 0 Å². The monoisotopic (exact) mass is 236 g/mol. The summed E-state index contributed by atoms with van der Waals surface area (Å²) in [5, 5.41) is 3.80. The largest absolute Gasteiger partial charge is 0.311 e. The number of hydrogen-bond donors (Lipinski definition) is 1. The molecule has 1 saturated heterocycles. The summed E-state index contributed by atoms with van der Waals surface area (Å²) in [5.41, 5.74) is 0.440. The molecule has 0 bridgehead atoms. The van der Waals surface area contributed by atoms with Crippen LogP contribution in [0.3, 0.4) is 0 Å². The molecule has 3 fully saturated rings. The Balaban J connectivity index is 1.72. The summed E-state index contributed by atoms with van der Waals surface area (Å²) >= 11 is 0. The molecule has 2 saturated carbocycles. The minimum absolute atomic E-state index is 0.440. The third-order valence-electron chi connectivity index (χ3n) is 5.43. The quantitative estimate of drug-likeness (QED) is 0.807. The van der Waals surface area contributed by atoms with Gasteiger partial charge in [0.25, 0.3) is 0 Å². The Bertz CT molecular complexity index is 279. The van der Waals surface area contributed by atoms with E-state index < -0.39 is 0 Å². The van der Waals surface area contributed by atoms with Crippen molar-refractivity contribution in [2.45, 2.75) is 70.5 Å². The highest BCUT2D eigenvalue weighted by Gasteiger charge is 2.47. The number of hydrogen-bond acceptors (Lipinski definition) is 2. The van der Waals surface area contributed by atoms with Gasteiger partial charge in [0.2, 0.25) is 0 Å². The number of nitrogens with zero attached hydrogens (tertiary/aromatic N) is 1. The average molecular weight is 236 g/mol. The van der Waals surface area contributed by atoms with Gasteiger partial charge in [0.1, 0.15) is 0 Å². The molecule has 0 radical (unpaired) electrons. The Morgan fingerprint density at radius 1 is 1.18 bits per heavy atom. The molecular formula is C15H28N2. The predicted molar refractivity (Wildman–Crippen MR) is 72.1 cm³/mol. The molecule has 17 heavy (non-hydrogen) atoms. The summed E-state index contributed by atoms with van der Waals surface area (Å²) < 4.78 is 0. The molecule has 2 atom stereocenters. The van der Waals surface area contributed by atoms with Crippen molar-refractivity contribution in [3.8, 4) is 0 Å². The van der Waals surface area contributed by atoms with Gasteiger partial charge < -0.3 is 5.32 Å². The first kappa shape index (κ1) is 12.0. The first-order valence-corrected chi connectivity index (χ1v) is 7.63. The second-order valence-corrected chi connectivity index (χ2v) is 6.99. The summed E-state index contributed by atoms with van der Waals surface area (Å²) in [4.78, 5) is 2.85. The average Bonchev–Trinajstić information content (AvgIpc) is 3.20. The van der Waals surface area contributed by atoms with Crippen LogP contribution in [0.2, 0.25) is 0 Å². The van der Waals surface area contributed by atoms with Gasteiger partial charge in [0.05, 0.1) is 0 Å². The summed E-state index contributed by atoms with van der Waals surface area (Å²) in [7, 11) is 0. The van der Waals surface area contributed by atoms with Crippen LogP contribution in [0, 0.1) is 11.8 Å². The lowest BCUT2D eigenvalue weighted by molar-refractivity contribution is 0.0117. The van der Waals surface area contributed by atoms with E-state index in [2.05, 4.69) is 31.0 Å². The van der Waals surface area contributed by atoms with E-state index in [1.165, 1.54) is 45.2 Å². The topological polar surface area (TPSA) is 15.3 Å². The van der Waals surface area contributed by atoms with Crippen LogP contribution in [0.25, 0.3) is 0 Å². The summed E-state index contributed by atoms with van der Waals surface area (Å²) in [6, 6.07) is 1.55. The van der Waals surface area contributed by atoms with Crippen molar-refractivity contribution >= 4 is 0 Å². The van der Waals surface area contributed by atoms with Gasteiger partial charge in [-0.15, -0.1) is 0 Å². The van der Waals surface area contributed by atoms with Crippen LogP contribution in [0.15, 0.2) is 0 Å². The molecule has 0 spiro atoms. The highest BCUT2D eigenvalue weighted by molar-refractivity contribution is 5.03. The summed E-state index contributed by atoms with van der Waals surface area (Å²) in [6.07, 6.45) is 7.14. The van der Waals surface area contributed by atoms with Crippen molar-refractivity contribution in [1.82, 2.24) is 10.2 Å². The van der Waals surface area contributed by atoms with Crippen LogP contribution in [-0.4, -0.2) is 35.6 Å². The molecule has 0 amide bonds. The van der Waals surface area contributed by atoms with E-state index in [0.29, 0.717) is 5.54 Å². The summed E-state index contributed by atoms with van der Waals surface area (Å²) in [5.74, 6) is 1.96.